The van der Waals surface area contributed by atoms with Gasteiger partial charge in [-0.25, -0.2) is 4.98 Å². The van der Waals surface area contributed by atoms with E-state index in [-0.39, 0.29) is 35.3 Å². The Hall–Kier alpha value is -2.95. The van der Waals surface area contributed by atoms with Crippen LogP contribution >= 0.6 is 0 Å². The number of carbonyl (C=O) groups excluding carboxylic acids is 1. The molecule has 0 aliphatic carbocycles. The van der Waals surface area contributed by atoms with Gasteiger partial charge in [0, 0.05) is 13.0 Å². The molecule has 1 amide bonds. The molecule has 158 valence electrons. The first-order chi connectivity index (χ1) is 14.2. The first-order valence-electron chi connectivity index (χ1n) is 10.5. The summed E-state index contributed by atoms with van der Waals surface area (Å²) in [5, 5.41) is 3.71. The Morgan fingerprint density at radius 1 is 1.07 bits per heavy atom. The van der Waals surface area contributed by atoms with Gasteiger partial charge in [0.1, 0.15) is 0 Å². The second-order valence-corrected chi connectivity index (χ2v) is 9.17. The monoisotopic (exact) mass is 405 g/mol. The molecule has 2 aromatic carbocycles. The predicted octanol–water partition coefficient (Wildman–Crippen LogP) is 4.60. The van der Waals surface area contributed by atoms with E-state index in [0.717, 1.165) is 5.56 Å². The molecule has 5 nitrogen and oxygen atoms in total. The largest absolute Gasteiger partial charge is 0.349 e. The Bertz CT molecular complexity index is 1080. The lowest BCUT2D eigenvalue weighted by atomic mass is 9.85. The van der Waals surface area contributed by atoms with Gasteiger partial charge in [-0.3, -0.25) is 14.2 Å². The number of hydrogen-bond acceptors (Lipinski definition) is 3. The Morgan fingerprint density at radius 2 is 1.73 bits per heavy atom. The molecular formula is C25H31N3O2. The number of fused-ring (bicyclic) bond motifs is 1. The molecule has 1 heterocycles. The van der Waals surface area contributed by atoms with Gasteiger partial charge in [0.05, 0.1) is 23.3 Å². The summed E-state index contributed by atoms with van der Waals surface area (Å²) in [4.78, 5) is 29.6. The highest BCUT2D eigenvalue weighted by atomic mass is 16.2. The van der Waals surface area contributed by atoms with Gasteiger partial charge in [0.25, 0.3) is 5.56 Å². The van der Waals surface area contributed by atoms with Crippen molar-refractivity contribution in [2.24, 2.45) is 5.92 Å². The molecular weight excluding hydrogens is 374 g/mol. The molecule has 1 N–H and O–H groups in total. The van der Waals surface area contributed by atoms with Crippen molar-refractivity contribution < 1.29 is 4.79 Å². The van der Waals surface area contributed by atoms with E-state index in [4.69, 9.17) is 0 Å². The molecule has 1 atom stereocenters. The number of para-hydroxylation sites is 1. The van der Waals surface area contributed by atoms with E-state index in [9.17, 15) is 9.59 Å². The van der Waals surface area contributed by atoms with E-state index in [0.29, 0.717) is 17.4 Å². The zero-order chi connectivity index (χ0) is 21.9. The van der Waals surface area contributed by atoms with E-state index < -0.39 is 0 Å². The van der Waals surface area contributed by atoms with Crippen molar-refractivity contribution in [3.05, 3.63) is 76.3 Å². The first-order valence-corrected chi connectivity index (χ1v) is 10.5. The maximum Gasteiger partial charge on any atom is 0.261 e. The van der Waals surface area contributed by atoms with Crippen molar-refractivity contribution >= 4 is 16.8 Å². The fraction of sp³-hybridized carbons (Fsp3) is 0.400. The summed E-state index contributed by atoms with van der Waals surface area (Å²) >= 11 is 0. The first kappa shape index (κ1) is 21.8. The fourth-order valence-electron chi connectivity index (χ4n) is 3.56. The van der Waals surface area contributed by atoms with Crippen LogP contribution in [0.15, 0.2) is 59.7 Å². The number of nitrogens with one attached hydrogen (secondary N) is 1. The number of hydrogen-bond donors (Lipinski definition) is 1. The zero-order valence-corrected chi connectivity index (χ0v) is 18.5. The molecule has 0 radical (unpaired) electrons. The van der Waals surface area contributed by atoms with E-state index in [1.54, 1.807) is 6.07 Å². The van der Waals surface area contributed by atoms with Gasteiger partial charge in [-0.15, -0.1) is 0 Å². The molecule has 0 aliphatic rings. The molecule has 30 heavy (non-hydrogen) atoms. The molecule has 0 fully saturated rings. The van der Waals surface area contributed by atoms with Crippen molar-refractivity contribution in [3.63, 3.8) is 0 Å². The summed E-state index contributed by atoms with van der Waals surface area (Å²) in [6.45, 7) is 11.1. The lowest BCUT2D eigenvalue weighted by molar-refractivity contribution is -0.122. The van der Waals surface area contributed by atoms with Crippen LogP contribution in [0.1, 0.15) is 58.2 Å². The quantitative estimate of drug-likeness (QED) is 0.652. The van der Waals surface area contributed by atoms with E-state index >= 15 is 0 Å². The highest BCUT2D eigenvalue weighted by molar-refractivity contribution is 5.77. The third-order valence-electron chi connectivity index (χ3n) is 5.43. The van der Waals surface area contributed by atoms with Crippen LogP contribution in [0.2, 0.25) is 0 Å². The normalized spacial score (nSPS) is 12.9. The number of nitrogens with zero attached hydrogens (tertiary/aromatic N) is 2. The predicted molar refractivity (Wildman–Crippen MR) is 121 cm³/mol. The van der Waals surface area contributed by atoms with Crippen molar-refractivity contribution in [2.45, 2.75) is 59.0 Å². The van der Waals surface area contributed by atoms with Crippen LogP contribution in [0.4, 0.5) is 0 Å². The van der Waals surface area contributed by atoms with Crippen molar-refractivity contribution in [3.8, 4) is 0 Å². The number of rotatable bonds is 6. The fourth-order valence-corrected chi connectivity index (χ4v) is 3.56. The summed E-state index contributed by atoms with van der Waals surface area (Å²) in [6.07, 6.45) is 1.74. The summed E-state index contributed by atoms with van der Waals surface area (Å²) in [5.74, 6) is 0.174. The van der Waals surface area contributed by atoms with Crippen molar-refractivity contribution in [1.29, 1.82) is 0 Å². The average molecular weight is 406 g/mol. The van der Waals surface area contributed by atoms with Crippen LogP contribution in [0.25, 0.3) is 10.9 Å². The van der Waals surface area contributed by atoms with E-state index in [1.165, 1.54) is 16.5 Å². The molecule has 0 aliphatic heterocycles. The van der Waals surface area contributed by atoms with Crippen molar-refractivity contribution in [1.82, 2.24) is 14.9 Å². The topological polar surface area (TPSA) is 64.0 Å². The van der Waals surface area contributed by atoms with E-state index in [2.05, 4.69) is 69.2 Å². The summed E-state index contributed by atoms with van der Waals surface area (Å²) in [7, 11) is 0. The van der Waals surface area contributed by atoms with Gasteiger partial charge in [0.2, 0.25) is 5.91 Å². The maximum absolute atomic E-state index is 12.7. The Balaban J connectivity index is 1.69. The molecule has 1 unspecified atom stereocenters. The standard InChI is InChI=1S/C25H31N3O2/c1-17(2)23(18-10-12-19(13-11-18)25(3,4)5)27-22(29)14-15-28-16-26-21-9-7-6-8-20(21)24(28)30/h6-13,16-17,23H,14-15H2,1-5H3,(H,27,29). The van der Waals surface area contributed by atoms with Gasteiger partial charge in [-0.05, 0) is 34.6 Å². The minimum atomic E-state index is -0.119. The third kappa shape index (κ3) is 4.96. The molecule has 0 saturated carbocycles. The van der Waals surface area contributed by atoms with Gasteiger partial charge in [-0.1, -0.05) is 71.0 Å². The Morgan fingerprint density at radius 3 is 2.37 bits per heavy atom. The molecule has 0 saturated heterocycles. The minimum absolute atomic E-state index is 0.0713. The zero-order valence-electron chi connectivity index (χ0n) is 18.5. The van der Waals surface area contributed by atoms with Crippen LogP contribution in [0.3, 0.4) is 0 Å². The molecule has 3 rings (SSSR count). The molecule has 1 aromatic heterocycles. The SMILES string of the molecule is CC(C)C(NC(=O)CCn1cnc2ccccc2c1=O)c1ccc(C(C)(C)C)cc1. The summed E-state index contributed by atoms with van der Waals surface area (Å²) < 4.78 is 1.50. The Kier molecular flexibility index (Phi) is 6.40. The Labute approximate surface area is 178 Å². The molecule has 0 spiro atoms. The minimum Gasteiger partial charge on any atom is -0.349 e. The van der Waals surface area contributed by atoms with E-state index in [1.807, 2.05) is 18.2 Å². The van der Waals surface area contributed by atoms with Crippen molar-refractivity contribution in [2.75, 3.05) is 0 Å². The van der Waals surface area contributed by atoms with Gasteiger partial charge < -0.3 is 5.32 Å². The highest BCUT2D eigenvalue weighted by Crippen LogP contribution is 2.26. The lowest BCUT2D eigenvalue weighted by Crippen LogP contribution is -2.33. The molecule has 3 aromatic rings. The van der Waals surface area contributed by atoms with Gasteiger partial charge in [0.15, 0.2) is 0 Å². The summed E-state index contributed by atoms with van der Waals surface area (Å²) in [6, 6.07) is 15.6. The third-order valence-corrected chi connectivity index (χ3v) is 5.43. The highest BCUT2D eigenvalue weighted by Gasteiger charge is 2.20. The van der Waals surface area contributed by atoms with Crippen LogP contribution in [0.5, 0.6) is 0 Å². The molecule has 0 bridgehead atoms. The van der Waals surface area contributed by atoms with Crippen LogP contribution in [0, 0.1) is 5.92 Å². The van der Waals surface area contributed by atoms with Gasteiger partial charge >= 0.3 is 0 Å². The number of amides is 1. The maximum atomic E-state index is 12.7. The smallest absolute Gasteiger partial charge is 0.261 e. The van der Waals surface area contributed by atoms with Crippen LogP contribution < -0.4 is 10.9 Å². The number of carbonyl (C=O) groups is 1. The number of aryl methyl sites for hydroxylation is 1. The second kappa shape index (κ2) is 8.82. The number of benzene rings is 2. The van der Waals surface area contributed by atoms with Gasteiger partial charge in [-0.2, -0.15) is 0 Å². The second-order valence-electron chi connectivity index (χ2n) is 9.17. The average Bonchev–Trinajstić information content (AvgIpc) is 2.71. The summed E-state index contributed by atoms with van der Waals surface area (Å²) in [5.41, 5.74) is 3.00. The van der Waals surface area contributed by atoms with Crippen LogP contribution in [-0.2, 0) is 16.8 Å². The molecule has 5 heteroatoms. The lowest BCUT2D eigenvalue weighted by Gasteiger charge is -2.25. The van der Waals surface area contributed by atoms with Crippen LogP contribution in [-0.4, -0.2) is 15.5 Å². The number of aromatic nitrogens is 2.